The minimum Gasteiger partial charge on any atom is -0.406 e. The fraction of sp³-hybridized carbons (Fsp3) is 0.364. The van der Waals surface area contributed by atoms with Gasteiger partial charge in [0.15, 0.2) is 0 Å². The van der Waals surface area contributed by atoms with Gasteiger partial charge in [-0.2, -0.15) is 4.68 Å². The van der Waals surface area contributed by atoms with Gasteiger partial charge in [0.25, 0.3) is 0 Å². The number of carbonyl (C=O) groups is 1. The van der Waals surface area contributed by atoms with Crippen molar-refractivity contribution in [3.8, 4) is 17.0 Å². The van der Waals surface area contributed by atoms with Gasteiger partial charge in [-0.3, -0.25) is 4.98 Å². The number of hydrogen-bond acceptors (Lipinski definition) is 5. The molecular weight excluding hydrogens is 423 g/mol. The third-order valence-electron chi connectivity index (χ3n) is 4.43. The molecule has 0 bridgehead atoms. The molecule has 0 atom stereocenters. The molecule has 0 saturated heterocycles. The van der Waals surface area contributed by atoms with Gasteiger partial charge < -0.3 is 9.64 Å². The number of alkyl halides is 3. The average molecular weight is 447 g/mol. The van der Waals surface area contributed by atoms with Crippen LogP contribution in [0.2, 0.25) is 0 Å². The van der Waals surface area contributed by atoms with E-state index in [0.717, 1.165) is 10.2 Å². The van der Waals surface area contributed by atoms with Gasteiger partial charge in [0.05, 0.1) is 6.20 Å². The highest BCUT2D eigenvalue weighted by molar-refractivity contribution is 5.77. The van der Waals surface area contributed by atoms with E-state index in [4.69, 9.17) is 0 Å². The highest BCUT2D eigenvalue weighted by atomic mass is 19.4. The first-order valence-corrected chi connectivity index (χ1v) is 9.97. The second-order valence-corrected chi connectivity index (χ2v) is 8.49. The predicted octanol–water partition coefficient (Wildman–Crippen LogP) is 4.80. The van der Waals surface area contributed by atoms with E-state index in [-0.39, 0.29) is 17.2 Å². The lowest BCUT2D eigenvalue weighted by Crippen LogP contribution is -2.41. The first-order chi connectivity index (χ1) is 15.0. The Morgan fingerprint density at radius 3 is 2.31 bits per heavy atom. The molecule has 0 spiro atoms. The van der Waals surface area contributed by atoms with Crippen LogP contribution in [0.15, 0.2) is 55.0 Å². The lowest BCUT2D eigenvalue weighted by Gasteiger charge is -2.29. The predicted molar refractivity (Wildman–Crippen MR) is 112 cm³/mol. The Morgan fingerprint density at radius 1 is 1.06 bits per heavy atom. The zero-order valence-corrected chi connectivity index (χ0v) is 18.0. The fourth-order valence-electron chi connectivity index (χ4n) is 3.09. The number of amides is 1. The van der Waals surface area contributed by atoms with E-state index in [9.17, 15) is 18.0 Å². The van der Waals surface area contributed by atoms with Gasteiger partial charge in [0.1, 0.15) is 11.4 Å². The lowest BCUT2D eigenvalue weighted by molar-refractivity contribution is -0.274. The third kappa shape index (κ3) is 6.79. The van der Waals surface area contributed by atoms with Gasteiger partial charge in [-0.15, -0.1) is 18.3 Å². The molecule has 0 aliphatic rings. The fourth-order valence-corrected chi connectivity index (χ4v) is 3.09. The molecule has 2 heterocycles. The highest BCUT2D eigenvalue weighted by Gasteiger charge is 2.31. The van der Waals surface area contributed by atoms with Crippen molar-refractivity contribution in [2.45, 2.75) is 33.6 Å². The monoisotopic (exact) mass is 447 g/mol. The number of aromatic nitrogens is 4. The van der Waals surface area contributed by atoms with Gasteiger partial charge in [0, 0.05) is 31.0 Å². The van der Waals surface area contributed by atoms with Crippen LogP contribution in [0, 0.1) is 5.41 Å². The van der Waals surface area contributed by atoms with Gasteiger partial charge in [-0.1, -0.05) is 26.0 Å². The molecule has 0 unspecified atom stereocenters. The summed E-state index contributed by atoms with van der Waals surface area (Å²) in [5.74, 6) is -0.336. The van der Waals surface area contributed by atoms with Crippen molar-refractivity contribution < 1.29 is 22.7 Å². The Labute approximate surface area is 183 Å². The molecule has 0 radical (unpaired) electrons. The Morgan fingerprint density at radius 2 is 1.72 bits per heavy atom. The number of pyridine rings is 1. The standard InChI is InChI=1S/C22H24F3N5O2/c1-21(2,3)15-29(13-10-16-8-11-26-12-9-16)20(31)30-14-19(27-28-30)17-4-6-18(7-5-17)32-22(23,24)25/h4-9,11-12,14H,10,13,15H2,1-3H3. The molecule has 0 aliphatic heterocycles. The Kier molecular flexibility index (Phi) is 6.81. The number of halogens is 3. The number of hydrogen-bond donors (Lipinski definition) is 0. The summed E-state index contributed by atoms with van der Waals surface area (Å²) < 4.78 is 42.0. The summed E-state index contributed by atoms with van der Waals surface area (Å²) in [6, 6.07) is 8.70. The van der Waals surface area contributed by atoms with Gasteiger partial charge >= 0.3 is 12.4 Å². The molecule has 3 rings (SSSR count). The van der Waals surface area contributed by atoms with Crippen molar-refractivity contribution in [1.29, 1.82) is 0 Å². The molecular formula is C22H24F3N5O2. The van der Waals surface area contributed by atoms with Crippen molar-refractivity contribution in [3.63, 3.8) is 0 Å². The molecule has 170 valence electrons. The molecule has 2 aromatic heterocycles. The van der Waals surface area contributed by atoms with Gasteiger partial charge in [-0.25, -0.2) is 4.79 Å². The summed E-state index contributed by atoms with van der Waals surface area (Å²) in [4.78, 5) is 18.8. The van der Waals surface area contributed by atoms with Gasteiger partial charge in [0.2, 0.25) is 0 Å². The highest BCUT2D eigenvalue weighted by Crippen LogP contribution is 2.25. The largest absolute Gasteiger partial charge is 0.573 e. The van der Waals surface area contributed by atoms with Crippen LogP contribution in [0.25, 0.3) is 11.3 Å². The maximum atomic E-state index is 13.1. The summed E-state index contributed by atoms with van der Waals surface area (Å²) in [5.41, 5.74) is 1.80. The minimum atomic E-state index is -4.76. The zero-order valence-electron chi connectivity index (χ0n) is 18.0. The normalized spacial score (nSPS) is 11.9. The van der Waals surface area contributed by atoms with E-state index in [1.54, 1.807) is 17.3 Å². The lowest BCUT2D eigenvalue weighted by atomic mass is 9.96. The summed E-state index contributed by atoms with van der Waals surface area (Å²) >= 11 is 0. The Balaban J connectivity index is 1.74. The molecule has 32 heavy (non-hydrogen) atoms. The quantitative estimate of drug-likeness (QED) is 0.543. The molecule has 1 aromatic carbocycles. The van der Waals surface area contributed by atoms with Crippen LogP contribution in [-0.4, -0.2) is 50.4 Å². The second kappa shape index (κ2) is 9.37. The number of carbonyl (C=O) groups excluding carboxylic acids is 1. The van der Waals surface area contributed by atoms with Crippen LogP contribution >= 0.6 is 0 Å². The van der Waals surface area contributed by atoms with Gasteiger partial charge in [-0.05, 0) is 53.8 Å². The summed E-state index contributed by atoms with van der Waals surface area (Å²) in [7, 11) is 0. The van der Waals surface area contributed by atoms with Crippen LogP contribution in [0.3, 0.4) is 0 Å². The Hall–Kier alpha value is -3.43. The second-order valence-electron chi connectivity index (χ2n) is 8.49. The smallest absolute Gasteiger partial charge is 0.406 e. The van der Waals surface area contributed by atoms with Crippen LogP contribution in [0.4, 0.5) is 18.0 Å². The van der Waals surface area contributed by atoms with E-state index in [0.29, 0.717) is 30.8 Å². The maximum Gasteiger partial charge on any atom is 0.573 e. The van der Waals surface area contributed by atoms with E-state index < -0.39 is 6.36 Å². The van der Waals surface area contributed by atoms with E-state index >= 15 is 0 Å². The third-order valence-corrected chi connectivity index (χ3v) is 4.43. The molecule has 0 saturated carbocycles. The number of benzene rings is 1. The van der Waals surface area contributed by atoms with E-state index in [1.165, 1.54) is 30.5 Å². The van der Waals surface area contributed by atoms with Crippen molar-refractivity contribution in [1.82, 2.24) is 24.9 Å². The van der Waals surface area contributed by atoms with Crippen molar-refractivity contribution in [3.05, 3.63) is 60.6 Å². The number of nitrogens with zero attached hydrogens (tertiary/aromatic N) is 5. The van der Waals surface area contributed by atoms with Crippen molar-refractivity contribution in [2.24, 2.45) is 5.41 Å². The van der Waals surface area contributed by atoms with E-state index in [2.05, 4.69) is 20.0 Å². The van der Waals surface area contributed by atoms with Crippen LogP contribution < -0.4 is 4.74 Å². The average Bonchev–Trinajstić information content (AvgIpc) is 3.20. The van der Waals surface area contributed by atoms with Crippen LogP contribution in [-0.2, 0) is 6.42 Å². The Bertz CT molecular complexity index is 1030. The molecule has 3 aromatic rings. The van der Waals surface area contributed by atoms with Crippen molar-refractivity contribution >= 4 is 6.03 Å². The molecule has 7 nitrogen and oxygen atoms in total. The number of rotatable bonds is 6. The first-order valence-electron chi connectivity index (χ1n) is 9.97. The number of ether oxygens (including phenoxy) is 1. The summed E-state index contributed by atoms with van der Waals surface area (Å²) in [6.07, 6.45) is 0.778. The minimum absolute atomic E-state index is 0.133. The maximum absolute atomic E-state index is 13.1. The molecule has 1 amide bonds. The van der Waals surface area contributed by atoms with Crippen LogP contribution in [0.1, 0.15) is 26.3 Å². The summed E-state index contributed by atoms with van der Waals surface area (Å²) in [6.45, 7) is 7.11. The first kappa shape index (κ1) is 23.2. The molecule has 0 N–H and O–H groups in total. The van der Waals surface area contributed by atoms with E-state index in [1.807, 2.05) is 32.9 Å². The topological polar surface area (TPSA) is 73.1 Å². The molecule has 10 heteroatoms. The SMILES string of the molecule is CC(C)(C)CN(CCc1ccncc1)C(=O)n1cc(-c2ccc(OC(F)(F)F)cc2)nn1. The zero-order chi connectivity index (χ0) is 23.4. The van der Waals surface area contributed by atoms with Crippen LogP contribution in [0.5, 0.6) is 5.75 Å². The van der Waals surface area contributed by atoms with Crippen molar-refractivity contribution in [2.75, 3.05) is 13.1 Å². The molecule has 0 aliphatic carbocycles. The summed E-state index contributed by atoms with van der Waals surface area (Å²) in [5, 5.41) is 7.94. The molecule has 0 fully saturated rings.